The summed E-state index contributed by atoms with van der Waals surface area (Å²) < 4.78 is 31.5. The quantitative estimate of drug-likeness (QED) is 0.677. The first-order chi connectivity index (χ1) is 12.9. The highest BCUT2D eigenvalue weighted by Gasteiger charge is 2.24. The third-order valence-electron chi connectivity index (χ3n) is 4.65. The Morgan fingerprint density at radius 1 is 1.04 bits per heavy atom. The number of carbonyl (C=O) groups is 2. The second-order valence-corrected chi connectivity index (χ2v) is 8.58. The number of nitrogens with one attached hydrogen (secondary N) is 1. The van der Waals surface area contributed by atoms with E-state index in [1.807, 2.05) is 0 Å². The molecular formula is C19H28N2O5S. The van der Waals surface area contributed by atoms with Crippen molar-refractivity contribution in [1.82, 2.24) is 9.62 Å². The Labute approximate surface area is 161 Å². The third-order valence-corrected chi connectivity index (χ3v) is 6.56. The molecular weight excluding hydrogens is 368 g/mol. The number of methoxy groups -OCH3 is 1. The maximum atomic E-state index is 12.7. The van der Waals surface area contributed by atoms with Crippen molar-refractivity contribution in [3.05, 3.63) is 29.8 Å². The Morgan fingerprint density at radius 2 is 1.67 bits per heavy atom. The number of benzene rings is 1. The summed E-state index contributed by atoms with van der Waals surface area (Å²) in [4.78, 5) is 23.0. The SMILES string of the molecule is COC(=O)CCC(=O)NCCc1ccc(S(=O)(=O)N2CCCCCC2)cc1. The van der Waals surface area contributed by atoms with Crippen LogP contribution in [0, 0.1) is 0 Å². The van der Waals surface area contributed by atoms with Crippen LogP contribution in [-0.2, 0) is 30.8 Å². The van der Waals surface area contributed by atoms with Gasteiger partial charge in [-0.05, 0) is 37.0 Å². The standard InChI is InChI=1S/C19H28N2O5S/c1-26-19(23)11-10-18(22)20-13-12-16-6-8-17(9-7-16)27(24,25)21-14-4-2-3-5-15-21/h6-9H,2-5,10-15H2,1H3,(H,20,22). The van der Waals surface area contributed by atoms with Crippen LogP contribution < -0.4 is 5.32 Å². The summed E-state index contributed by atoms with van der Waals surface area (Å²) in [6.07, 6.45) is 4.73. The number of ether oxygens (including phenoxy) is 1. The third kappa shape index (κ3) is 6.62. The molecule has 1 aliphatic rings. The van der Waals surface area contributed by atoms with Crippen LogP contribution >= 0.6 is 0 Å². The van der Waals surface area contributed by atoms with E-state index >= 15 is 0 Å². The number of esters is 1. The van der Waals surface area contributed by atoms with Gasteiger partial charge in [0.25, 0.3) is 0 Å². The van der Waals surface area contributed by atoms with Crippen molar-refractivity contribution >= 4 is 21.9 Å². The smallest absolute Gasteiger partial charge is 0.306 e. The van der Waals surface area contributed by atoms with Gasteiger partial charge in [-0.2, -0.15) is 4.31 Å². The number of sulfonamides is 1. The number of carbonyl (C=O) groups excluding carboxylic acids is 2. The first kappa shape index (κ1) is 21.4. The topological polar surface area (TPSA) is 92.8 Å². The van der Waals surface area contributed by atoms with Crippen LogP contribution in [0.3, 0.4) is 0 Å². The summed E-state index contributed by atoms with van der Waals surface area (Å²) >= 11 is 0. The minimum atomic E-state index is -3.43. The lowest BCUT2D eigenvalue weighted by atomic mass is 10.1. The minimum absolute atomic E-state index is 0.0609. The molecule has 7 nitrogen and oxygen atoms in total. The number of nitrogens with zero attached hydrogens (tertiary/aromatic N) is 1. The zero-order valence-corrected chi connectivity index (χ0v) is 16.6. The predicted molar refractivity (Wildman–Crippen MR) is 102 cm³/mol. The van der Waals surface area contributed by atoms with E-state index in [1.165, 1.54) is 7.11 Å². The van der Waals surface area contributed by atoms with Gasteiger partial charge in [0.15, 0.2) is 0 Å². The second kappa shape index (κ2) is 10.4. The van der Waals surface area contributed by atoms with E-state index in [-0.39, 0.29) is 18.7 Å². The highest BCUT2D eigenvalue weighted by atomic mass is 32.2. The zero-order chi connectivity index (χ0) is 19.7. The van der Waals surface area contributed by atoms with Gasteiger partial charge in [0.05, 0.1) is 18.4 Å². The van der Waals surface area contributed by atoms with Crippen LogP contribution in [0.25, 0.3) is 0 Å². The van der Waals surface area contributed by atoms with Crippen molar-refractivity contribution in [2.45, 2.75) is 49.8 Å². The molecule has 150 valence electrons. The Kier molecular flexibility index (Phi) is 8.24. The van der Waals surface area contributed by atoms with Crippen LogP contribution in [-0.4, -0.2) is 51.3 Å². The Balaban J connectivity index is 1.84. The molecule has 8 heteroatoms. The van der Waals surface area contributed by atoms with Gasteiger partial charge in [-0.25, -0.2) is 8.42 Å². The molecule has 1 fully saturated rings. The minimum Gasteiger partial charge on any atom is -0.469 e. The maximum absolute atomic E-state index is 12.7. The first-order valence-corrected chi connectivity index (χ1v) is 10.8. The molecule has 0 bridgehead atoms. The molecule has 1 heterocycles. The van der Waals surface area contributed by atoms with Crippen molar-refractivity contribution < 1.29 is 22.7 Å². The lowest BCUT2D eigenvalue weighted by molar-refractivity contribution is -0.142. The summed E-state index contributed by atoms with van der Waals surface area (Å²) in [5.41, 5.74) is 0.943. The normalized spacial score (nSPS) is 15.7. The number of rotatable bonds is 8. The Bertz CT molecular complexity index is 723. The van der Waals surface area contributed by atoms with Gasteiger partial charge in [0.2, 0.25) is 15.9 Å². The molecule has 0 atom stereocenters. The lowest BCUT2D eigenvalue weighted by Crippen LogP contribution is -2.31. The van der Waals surface area contributed by atoms with E-state index < -0.39 is 16.0 Å². The summed E-state index contributed by atoms with van der Waals surface area (Å²) in [5.74, 6) is -0.618. The molecule has 1 aliphatic heterocycles. The fourth-order valence-electron chi connectivity index (χ4n) is 3.01. The molecule has 0 saturated carbocycles. The van der Waals surface area contributed by atoms with Gasteiger partial charge >= 0.3 is 5.97 Å². The summed E-state index contributed by atoms with van der Waals surface area (Å²) in [5, 5.41) is 2.74. The molecule has 27 heavy (non-hydrogen) atoms. The lowest BCUT2D eigenvalue weighted by Gasteiger charge is -2.20. The van der Waals surface area contributed by atoms with Gasteiger partial charge in [0.1, 0.15) is 0 Å². The molecule has 0 aromatic heterocycles. The Morgan fingerprint density at radius 3 is 2.26 bits per heavy atom. The van der Waals surface area contributed by atoms with E-state index in [2.05, 4.69) is 10.1 Å². The van der Waals surface area contributed by atoms with Crippen molar-refractivity contribution in [1.29, 1.82) is 0 Å². The van der Waals surface area contributed by atoms with Gasteiger partial charge in [-0.3, -0.25) is 9.59 Å². The van der Waals surface area contributed by atoms with Crippen molar-refractivity contribution in [2.75, 3.05) is 26.7 Å². The van der Waals surface area contributed by atoms with Crippen LogP contribution in [0.1, 0.15) is 44.1 Å². The number of hydrogen-bond acceptors (Lipinski definition) is 5. The van der Waals surface area contributed by atoms with Gasteiger partial charge in [-0.1, -0.05) is 25.0 Å². The highest BCUT2D eigenvalue weighted by Crippen LogP contribution is 2.20. The van der Waals surface area contributed by atoms with Crippen LogP contribution in [0.2, 0.25) is 0 Å². The molecule has 1 amide bonds. The average molecular weight is 397 g/mol. The molecule has 1 aromatic carbocycles. The average Bonchev–Trinajstić information content (AvgIpc) is 2.96. The first-order valence-electron chi connectivity index (χ1n) is 9.36. The molecule has 0 spiro atoms. The molecule has 1 saturated heterocycles. The number of hydrogen-bond donors (Lipinski definition) is 1. The molecule has 0 radical (unpaired) electrons. The van der Waals surface area contributed by atoms with E-state index in [4.69, 9.17) is 0 Å². The summed E-state index contributed by atoms with van der Waals surface area (Å²) in [6.45, 7) is 1.60. The summed E-state index contributed by atoms with van der Waals surface area (Å²) in [7, 11) is -2.15. The molecule has 0 aliphatic carbocycles. The zero-order valence-electron chi connectivity index (χ0n) is 15.8. The van der Waals surface area contributed by atoms with Gasteiger partial charge in [-0.15, -0.1) is 0 Å². The highest BCUT2D eigenvalue weighted by molar-refractivity contribution is 7.89. The van der Waals surface area contributed by atoms with Crippen molar-refractivity contribution in [3.8, 4) is 0 Å². The predicted octanol–water partition coefficient (Wildman–Crippen LogP) is 1.86. The molecule has 0 unspecified atom stereocenters. The van der Waals surface area contributed by atoms with Gasteiger partial charge in [0, 0.05) is 26.1 Å². The second-order valence-electron chi connectivity index (χ2n) is 6.64. The van der Waals surface area contributed by atoms with Crippen molar-refractivity contribution in [2.24, 2.45) is 0 Å². The van der Waals surface area contributed by atoms with Crippen molar-refractivity contribution in [3.63, 3.8) is 0 Å². The van der Waals surface area contributed by atoms with Gasteiger partial charge < -0.3 is 10.1 Å². The van der Waals surface area contributed by atoms with Crippen LogP contribution in [0.5, 0.6) is 0 Å². The van der Waals surface area contributed by atoms with E-state index in [0.717, 1.165) is 31.2 Å². The monoisotopic (exact) mass is 396 g/mol. The molecule has 1 N–H and O–H groups in total. The number of amides is 1. The van der Waals surface area contributed by atoms with E-state index in [0.29, 0.717) is 31.0 Å². The van der Waals surface area contributed by atoms with Crippen LogP contribution in [0.4, 0.5) is 0 Å². The van der Waals surface area contributed by atoms with E-state index in [9.17, 15) is 18.0 Å². The molecule has 1 aromatic rings. The Hall–Kier alpha value is -1.93. The summed E-state index contributed by atoms with van der Waals surface area (Å²) in [6, 6.07) is 6.83. The fraction of sp³-hybridized carbons (Fsp3) is 0.579. The maximum Gasteiger partial charge on any atom is 0.306 e. The van der Waals surface area contributed by atoms with E-state index in [1.54, 1.807) is 28.6 Å². The fourth-order valence-corrected chi connectivity index (χ4v) is 4.53. The largest absolute Gasteiger partial charge is 0.469 e. The molecule has 2 rings (SSSR count). The van der Waals surface area contributed by atoms with Crippen LogP contribution in [0.15, 0.2) is 29.2 Å².